The van der Waals surface area contributed by atoms with E-state index < -0.39 is 0 Å². The lowest BCUT2D eigenvalue weighted by molar-refractivity contribution is 0.252. The Balaban J connectivity index is 1.41. The minimum Gasteiger partial charge on any atom is -0.0654 e. The molecule has 0 radical (unpaired) electrons. The first-order valence-corrected chi connectivity index (χ1v) is 11.4. The van der Waals surface area contributed by atoms with Gasteiger partial charge in [0.2, 0.25) is 0 Å². The molecule has 0 saturated heterocycles. The van der Waals surface area contributed by atoms with Crippen LogP contribution < -0.4 is 0 Å². The summed E-state index contributed by atoms with van der Waals surface area (Å²) in [4.78, 5) is 0. The van der Waals surface area contributed by atoms with Crippen LogP contribution in [0.1, 0.15) is 108 Å². The van der Waals surface area contributed by atoms with Crippen LogP contribution in [-0.4, -0.2) is 0 Å². The standard InChI is InChI=1S/C25H40/c1-3-5-21-6-8-22(9-7-21)10-11-23-14-18-25(19-15-23)24-16-12-20(4-2)13-17-24/h14-15,18-22,24H,3-13,16-17H2,1-2H3/t20-,21-,22-,24-. The molecule has 0 heterocycles. The van der Waals surface area contributed by atoms with Crippen molar-refractivity contribution >= 4 is 0 Å². The van der Waals surface area contributed by atoms with Crippen LogP contribution in [-0.2, 0) is 6.42 Å². The van der Waals surface area contributed by atoms with Gasteiger partial charge < -0.3 is 0 Å². The molecular formula is C25H40. The first-order chi connectivity index (χ1) is 12.3. The molecule has 140 valence electrons. The molecule has 1 aromatic carbocycles. The maximum Gasteiger partial charge on any atom is -0.0162 e. The van der Waals surface area contributed by atoms with E-state index in [1.165, 1.54) is 83.5 Å². The summed E-state index contributed by atoms with van der Waals surface area (Å²) in [6.45, 7) is 4.70. The van der Waals surface area contributed by atoms with Crippen LogP contribution in [0.4, 0.5) is 0 Å². The van der Waals surface area contributed by atoms with Gasteiger partial charge >= 0.3 is 0 Å². The summed E-state index contributed by atoms with van der Waals surface area (Å²) in [5.41, 5.74) is 3.18. The maximum absolute atomic E-state index is 2.45. The molecule has 0 spiro atoms. The van der Waals surface area contributed by atoms with Gasteiger partial charge in [-0.25, -0.2) is 0 Å². The largest absolute Gasteiger partial charge is 0.0654 e. The Bertz CT molecular complexity index is 469. The summed E-state index contributed by atoms with van der Waals surface area (Å²) < 4.78 is 0. The van der Waals surface area contributed by atoms with E-state index in [1.54, 1.807) is 11.1 Å². The van der Waals surface area contributed by atoms with Gasteiger partial charge in [0.15, 0.2) is 0 Å². The van der Waals surface area contributed by atoms with Crippen LogP contribution in [0, 0.1) is 17.8 Å². The average Bonchev–Trinajstić information content (AvgIpc) is 2.68. The monoisotopic (exact) mass is 340 g/mol. The van der Waals surface area contributed by atoms with Gasteiger partial charge in [0.1, 0.15) is 0 Å². The van der Waals surface area contributed by atoms with Crippen molar-refractivity contribution in [2.24, 2.45) is 17.8 Å². The molecule has 1 aromatic rings. The summed E-state index contributed by atoms with van der Waals surface area (Å²) in [7, 11) is 0. The van der Waals surface area contributed by atoms with Crippen molar-refractivity contribution < 1.29 is 0 Å². The normalized spacial score (nSPS) is 30.3. The van der Waals surface area contributed by atoms with Crippen molar-refractivity contribution in [3.8, 4) is 0 Å². The van der Waals surface area contributed by atoms with Crippen molar-refractivity contribution in [2.45, 2.75) is 103 Å². The van der Waals surface area contributed by atoms with E-state index in [0.717, 1.165) is 23.7 Å². The Morgan fingerprint density at radius 1 is 0.680 bits per heavy atom. The molecule has 0 N–H and O–H groups in total. The van der Waals surface area contributed by atoms with Crippen LogP contribution >= 0.6 is 0 Å². The molecule has 0 unspecified atom stereocenters. The lowest BCUT2D eigenvalue weighted by Crippen LogP contribution is -2.15. The van der Waals surface area contributed by atoms with Gasteiger partial charge in [-0.3, -0.25) is 0 Å². The van der Waals surface area contributed by atoms with Crippen molar-refractivity contribution in [1.82, 2.24) is 0 Å². The lowest BCUT2D eigenvalue weighted by atomic mass is 9.77. The molecule has 25 heavy (non-hydrogen) atoms. The number of hydrogen-bond acceptors (Lipinski definition) is 0. The van der Waals surface area contributed by atoms with E-state index in [4.69, 9.17) is 0 Å². The van der Waals surface area contributed by atoms with E-state index in [2.05, 4.69) is 38.1 Å². The molecule has 0 aromatic heterocycles. The van der Waals surface area contributed by atoms with Crippen LogP contribution in [0.3, 0.4) is 0 Å². The third-order valence-electron chi connectivity index (χ3n) is 7.38. The van der Waals surface area contributed by atoms with Gasteiger partial charge in [0.05, 0.1) is 0 Å². The van der Waals surface area contributed by atoms with Crippen LogP contribution in [0.5, 0.6) is 0 Å². The molecule has 2 fully saturated rings. The highest BCUT2D eigenvalue weighted by molar-refractivity contribution is 5.26. The maximum atomic E-state index is 2.45. The van der Waals surface area contributed by atoms with Crippen molar-refractivity contribution in [1.29, 1.82) is 0 Å². The Labute approximate surface area is 156 Å². The molecule has 2 aliphatic rings. The minimum atomic E-state index is 0.839. The van der Waals surface area contributed by atoms with Gasteiger partial charge in [-0.2, -0.15) is 0 Å². The molecule has 0 heteroatoms. The highest BCUT2D eigenvalue weighted by atomic mass is 14.3. The molecule has 0 aliphatic heterocycles. The van der Waals surface area contributed by atoms with Gasteiger partial charge in [-0.15, -0.1) is 0 Å². The first-order valence-electron chi connectivity index (χ1n) is 11.4. The fourth-order valence-corrected chi connectivity index (χ4v) is 5.45. The molecular weight excluding hydrogens is 300 g/mol. The van der Waals surface area contributed by atoms with Crippen LogP contribution in [0.2, 0.25) is 0 Å². The Morgan fingerprint density at radius 3 is 1.80 bits per heavy atom. The number of rotatable bonds is 7. The summed E-state index contributed by atoms with van der Waals surface area (Å²) in [6.07, 6.45) is 18.6. The summed E-state index contributed by atoms with van der Waals surface area (Å²) in [6, 6.07) is 9.77. The zero-order valence-corrected chi connectivity index (χ0v) is 16.8. The topological polar surface area (TPSA) is 0 Å². The highest BCUT2D eigenvalue weighted by Crippen LogP contribution is 2.37. The van der Waals surface area contributed by atoms with Crippen molar-refractivity contribution in [3.63, 3.8) is 0 Å². The molecule has 0 nitrogen and oxygen atoms in total. The average molecular weight is 341 g/mol. The number of aryl methyl sites for hydroxylation is 1. The minimum absolute atomic E-state index is 0.839. The molecule has 2 saturated carbocycles. The second-order valence-electron chi connectivity index (χ2n) is 9.08. The summed E-state index contributed by atoms with van der Waals surface area (Å²) in [5, 5.41) is 0. The zero-order valence-electron chi connectivity index (χ0n) is 16.8. The second kappa shape index (κ2) is 9.79. The predicted octanol–water partition coefficient (Wildman–Crippen LogP) is 7.91. The first kappa shape index (κ1) is 19.0. The van der Waals surface area contributed by atoms with Gasteiger partial charge in [0, 0.05) is 0 Å². The highest BCUT2D eigenvalue weighted by Gasteiger charge is 2.22. The lowest BCUT2D eigenvalue weighted by Gasteiger charge is -2.29. The van der Waals surface area contributed by atoms with E-state index in [0.29, 0.717) is 0 Å². The fraction of sp³-hybridized carbons (Fsp3) is 0.760. The Kier molecular flexibility index (Phi) is 7.44. The third-order valence-corrected chi connectivity index (χ3v) is 7.38. The number of benzene rings is 1. The fourth-order valence-electron chi connectivity index (χ4n) is 5.45. The zero-order chi connectivity index (χ0) is 17.5. The van der Waals surface area contributed by atoms with Crippen molar-refractivity contribution in [3.05, 3.63) is 35.4 Å². The van der Waals surface area contributed by atoms with Gasteiger partial charge in [0.25, 0.3) is 0 Å². The number of hydrogen-bond donors (Lipinski definition) is 0. The molecule has 0 amide bonds. The van der Waals surface area contributed by atoms with Crippen LogP contribution in [0.25, 0.3) is 0 Å². The molecule has 2 aliphatic carbocycles. The van der Waals surface area contributed by atoms with E-state index >= 15 is 0 Å². The van der Waals surface area contributed by atoms with Crippen molar-refractivity contribution in [2.75, 3.05) is 0 Å². The molecule has 3 rings (SSSR count). The van der Waals surface area contributed by atoms with E-state index in [-0.39, 0.29) is 0 Å². The van der Waals surface area contributed by atoms with E-state index in [9.17, 15) is 0 Å². The Hall–Kier alpha value is -0.780. The molecule has 0 atom stereocenters. The third kappa shape index (κ3) is 5.60. The molecule has 0 bridgehead atoms. The quantitative estimate of drug-likeness (QED) is 0.473. The van der Waals surface area contributed by atoms with E-state index in [1.807, 2.05) is 0 Å². The van der Waals surface area contributed by atoms with Crippen LogP contribution in [0.15, 0.2) is 24.3 Å². The van der Waals surface area contributed by atoms with Gasteiger partial charge in [-0.05, 0) is 73.3 Å². The smallest absolute Gasteiger partial charge is 0.0162 e. The second-order valence-corrected chi connectivity index (χ2v) is 9.08. The Morgan fingerprint density at radius 2 is 1.24 bits per heavy atom. The van der Waals surface area contributed by atoms with Gasteiger partial charge in [-0.1, -0.05) is 83.1 Å². The summed E-state index contributed by atoms with van der Waals surface area (Å²) in [5.74, 6) is 3.88. The predicted molar refractivity (Wildman–Crippen MR) is 110 cm³/mol. The summed E-state index contributed by atoms with van der Waals surface area (Å²) >= 11 is 0. The SMILES string of the molecule is CCC[C@H]1CC[C@H](CCc2ccc([C@H]3CC[C@H](CC)CC3)cc2)CC1.